The van der Waals surface area contributed by atoms with Gasteiger partial charge in [-0.1, -0.05) is 6.07 Å². The third kappa shape index (κ3) is 2.15. The lowest BCUT2D eigenvalue weighted by Crippen LogP contribution is -2.40. The molecular weight excluding hydrogens is 308 g/mol. The Labute approximate surface area is 139 Å². The predicted octanol–water partition coefficient (Wildman–Crippen LogP) is 4.12. The number of likely N-dealkylation sites (N-methyl/N-ethyl adjacent to an activating group) is 1. The van der Waals surface area contributed by atoms with Crippen molar-refractivity contribution in [2.45, 2.75) is 32.4 Å². The first-order valence-electron chi connectivity index (χ1n) is 8.09. The van der Waals surface area contributed by atoms with Crippen molar-refractivity contribution >= 4 is 10.9 Å². The molecule has 1 N–H and O–H groups in total. The summed E-state index contributed by atoms with van der Waals surface area (Å²) in [5, 5.41) is 8.11. The number of hydrogen-bond donors (Lipinski definition) is 1. The van der Waals surface area contributed by atoms with Crippen molar-refractivity contribution in [3.63, 3.8) is 0 Å². The number of H-pyrrole nitrogens is 1. The minimum atomic E-state index is -0.489. The molecule has 0 saturated heterocycles. The summed E-state index contributed by atoms with van der Waals surface area (Å²) in [6, 6.07) is 6.43. The molecule has 0 amide bonds. The standard InChI is InChI=1S/C19H19F2N3/c1-10-6-15(20)18(16(21)7-10)19-12-4-5-17-14(9-22-23-17)13(12)8-11(2)24(19)3/h4-7,9,11,19H,8H2,1-3H3,(H,22,23)/t11-,19+/m1/s1. The van der Waals surface area contributed by atoms with Crippen LogP contribution in [0.15, 0.2) is 30.5 Å². The van der Waals surface area contributed by atoms with E-state index in [-0.39, 0.29) is 11.6 Å². The molecule has 0 saturated carbocycles. The van der Waals surface area contributed by atoms with Crippen molar-refractivity contribution in [2.24, 2.45) is 0 Å². The molecule has 0 spiro atoms. The molecular formula is C19H19F2N3. The molecule has 2 heterocycles. The van der Waals surface area contributed by atoms with Gasteiger partial charge in [0.15, 0.2) is 0 Å². The predicted molar refractivity (Wildman–Crippen MR) is 90.0 cm³/mol. The molecule has 2 atom stereocenters. The number of nitrogens with one attached hydrogen (secondary N) is 1. The molecule has 0 aliphatic carbocycles. The van der Waals surface area contributed by atoms with Gasteiger partial charge in [0.25, 0.3) is 0 Å². The van der Waals surface area contributed by atoms with Gasteiger partial charge in [-0.2, -0.15) is 5.10 Å². The fourth-order valence-electron chi connectivity index (χ4n) is 3.82. The Kier molecular flexibility index (Phi) is 3.42. The first kappa shape index (κ1) is 15.3. The van der Waals surface area contributed by atoms with E-state index in [1.807, 2.05) is 24.1 Å². The van der Waals surface area contributed by atoms with Gasteiger partial charge in [0.2, 0.25) is 0 Å². The highest BCUT2D eigenvalue weighted by atomic mass is 19.1. The van der Waals surface area contributed by atoms with Crippen molar-refractivity contribution < 1.29 is 8.78 Å². The van der Waals surface area contributed by atoms with Crippen molar-refractivity contribution in [1.82, 2.24) is 15.1 Å². The quantitative estimate of drug-likeness (QED) is 0.729. The molecule has 4 rings (SSSR count). The number of aromatic amines is 1. The van der Waals surface area contributed by atoms with Crippen LogP contribution in [0.4, 0.5) is 8.78 Å². The number of benzene rings is 2. The summed E-state index contributed by atoms with van der Waals surface area (Å²) in [5.41, 5.74) is 3.74. The summed E-state index contributed by atoms with van der Waals surface area (Å²) in [6.07, 6.45) is 2.62. The van der Waals surface area contributed by atoms with Crippen LogP contribution in [0, 0.1) is 18.6 Å². The summed E-state index contributed by atoms with van der Waals surface area (Å²) in [7, 11) is 1.93. The van der Waals surface area contributed by atoms with Crippen LogP contribution in [0.1, 0.15) is 35.2 Å². The Morgan fingerprint density at radius 1 is 1.21 bits per heavy atom. The fraction of sp³-hybridized carbons (Fsp3) is 0.316. The molecule has 1 aliphatic heterocycles. The monoisotopic (exact) mass is 327 g/mol. The number of aromatic nitrogens is 2. The van der Waals surface area contributed by atoms with Gasteiger partial charge in [-0.3, -0.25) is 10.00 Å². The van der Waals surface area contributed by atoms with Gasteiger partial charge < -0.3 is 0 Å². The summed E-state index contributed by atoms with van der Waals surface area (Å²) in [5.74, 6) is -0.978. The number of fused-ring (bicyclic) bond motifs is 3. The highest BCUT2D eigenvalue weighted by Crippen LogP contribution is 2.41. The number of nitrogens with zero attached hydrogens (tertiary/aromatic N) is 2. The zero-order valence-electron chi connectivity index (χ0n) is 13.9. The van der Waals surface area contributed by atoms with Crippen molar-refractivity contribution in [3.05, 3.63) is 64.4 Å². The molecule has 1 aromatic heterocycles. The van der Waals surface area contributed by atoms with Crippen LogP contribution in [0.25, 0.3) is 10.9 Å². The Balaban J connectivity index is 1.99. The molecule has 2 aromatic carbocycles. The lowest BCUT2D eigenvalue weighted by molar-refractivity contribution is 0.187. The van der Waals surface area contributed by atoms with E-state index in [4.69, 9.17) is 0 Å². The van der Waals surface area contributed by atoms with Gasteiger partial charge in [0.1, 0.15) is 11.6 Å². The lowest BCUT2D eigenvalue weighted by Gasteiger charge is -2.40. The summed E-state index contributed by atoms with van der Waals surface area (Å²) >= 11 is 0. The summed E-state index contributed by atoms with van der Waals surface area (Å²) < 4.78 is 29.3. The van der Waals surface area contributed by atoms with Crippen molar-refractivity contribution in [1.29, 1.82) is 0 Å². The van der Waals surface area contributed by atoms with Crippen LogP contribution in [0.2, 0.25) is 0 Å². The number of halogens is 2. The van der Waals surface area contributed by atoms with Crippen LogP contribution >= 0.6 is 0 Å². The molecule has 0 fully saturated rings. The zero-order chi connectivity index (χ0) is 17.0. The smallest absolute Gasteiger partial charge is 0.131 e. The number of hydrogen-bond acceptors (Lipinski definition) is 2. The van der Waals surface area contributed by atoms with Crippen molar-refractivity contribution in [3.8, 4) is 0 Å². The molecule has 24 heavy (non-hydrogen) atoms. The highest BCUT2D eigenvalue weighted by molar-refractivity contribution is 5.83. The number of aryl methyl sites for hydroxylation is 1. The van der Waals surface area contributed by atoms with E-state index in [2.05, 4.69) is 17.1 Å². The molecule has 0 bridgehead atoms. The van der Waals surface area contributed by atoms with Crippen LogP contribution in [0.3, 0.4) is 0 Å². The second-order valence-electron chi connectivity index (χ2n) is 6.73. The minimum absolute atomic E-state index is 0.124. The van der Waals surface area contributed by atoms with E-state index in [0.717, 1.165) is 28.5 Å². The highest BCUT2D eigenvalue weighted by Gasteiger charge is 2.35. The molecule has 5 heteroatoms. The van der Waals surface area contributed by atoms with Crippen molar-refractivity contribution in [2.75, 3.05) is 7.05 Å². The molecule has 3 nitrogen and oxygen atoms in total. The average molecular weight is 327 g/mol. The maximum absolute atomic E-state index is 14.7. The summed E-state index contributed by atoms with van der Waals surface area (Å²) in [6.45, 7) is 3.78. The lowest BCUT2D eigenvalue weighted by atomic mass is 9.83. The normalized spacial score (nSPS) is 21.2. The Morgan fingerprint density at radius 2 is 1.92 bits per heavy atom. The third-order valence-corrected chi connectivity index (χ3v) is 5.17. The van der Waals surface area contributed by atoms with Crippen LogP contribution in [-0.2, 0) is 6.42 Å². The van der Waals surface area contributed by atoms with Crippen LogP contribution in [0.5, 0.6) is 0 Å². The van der Waals surface area contributed by atoms with Crippen LogP contribution < -0.4 is 0 Å². The second-order valence-corrected chi connectivity index (χ2v) is 6.73. The first-order valence-corrected chi connectivity index (χ1v) is 8.09. The van der Waals surface area contributed by atoms with Gasteiger partial charge in [0, 0.05) is 17.0 Å². The van der Waals surface area contributed by atoms with E-state index in [1.54, 1.807) is 13.1 Å². The Bertz CT molecular complexity index is 909. The molecule has 0 unspecified atom stereocenters. The fourth-order valence-corrected chi connectivity index (χ4v) is 3.82. The minimum Gasteiger partial charge on any atom is -0.292 e. The third-order valence-electron chi connectivity index (χ3n) is 5.17. The Hall–Kier alpha value is -2.27. The van der Waals surface area contributed by atoms with Gasteiger partial charge in [-0.25, -0.2) is 8.78 Å². The average Bonchev–Trinajstić information content (AvgIpc) is 2.99. The topological polar surface area (TPSA) is 31.9 Å². The van der Waals surface area contributed by atoms with E-state index < -0.39 is 17.7 Å². The van der Waals surface area contributed by atoms with E-state index >= 15 is 0 Å². The molecule has 124 valence electrons. The van der Waals surface area contributed by atoms with E-state index in [1.165, 1.54) is 12.1 Å². The van der Waals surface area contributed by atoms with Crippen LogP contribution in [-0.4, -0.2) is 28.2 Å². The Morgan fingerprint density at radius 3 is 2.62 bits per heavy atom. The maximum Gasteiger partial charge on any atom is 0.131 e. The number of rotatable bonds is 1. The molecule has 3 aromatic rings. The van der Waals surface area contributed by atoms with Gasteiger partial charge in [0.05, 0.1) is 17.8 Å². The first-order chi connectivity index (χ1) is 11.5. The summed E-state index contributed by atoms with van der Waals surface area (Å²) in [4.78, 5) is 2.05. The maximum atomic E-state index is 14.7. The van der Waals surface area contributed by atoms with Gasteiger partial charge >= 0.3 is 0 Å². The van der Waals surface area contributed by atoms with Gasteiger partial charge in [-0.05, 0) is 62.2 Å². The van der Waals surface area contributed by atoms with E-state index in [9.17, 15) is 8.78 Å². The van der Waals surface area contributed by atoms with Gasteiger partial charge in [-0.15, -0.1) is 0 Å². The zero-order valence-corrected chi connectivity index (χ0v) is 13.9. The molecule has 0 radical (unpaired) electrons. The second kappa shape index (κ2) is 5.38. The SMILES string of the molecule is Cc1cc(F)c([C@@H]2c3ccc4[nH]ncc4c3C[C@@H](C)N2C)c(F)c1. The van der Waals surface area contributed by atoms with E-state index in [0.29, 0.717) is 5.56 Å². The molecule has 1 aliphatic rings. The largest absolute Gasteiger partial charge is 0.292 e.